The minimum absolute atomic E-state index is 0.107. The van der Waals surface area contributed by atoms with Gasteiger partial charge in [0.2, 0.25) is 0 Å². The van der Waals surface area contributed by atoms with Crippen molar-refractivity contribution in [3.05, 3.63) is 70.3 Å². The molecule has 2 heteroatoms. The molecule has 0 fully saturated rings. The first-order chi connectivity index (χ1) is 9.00. The fraction of sp³-hybridized carbons (Fsp3) is 0.235. The molecule has 0 saturated heterocycles. The molecule has 0 bridgehead atoms. The SMILES string of the molecule is Cc1cc(C)c(C(Br)C(=O)c2ccccc2)c(C)c1. The minimum atomic E-state index is -0.282. The summed E-state index contributed by atoms with van der Waals surface area (Å²) in [7, 11) is 0. The van der Waals surface area contributed by atoms with E-state index in [1.165, 1.54) is 5.56 Å². The number of Topliss-reactive ketones (excluding diaryl/α,β-unsaturated/α-hetero) is 1. The zero-order valence-corrected chi connectivity index (χ0v) is 13.0. The Morgan fingerprint density at radius 3 is 2.05 bits per heavy atom. The summed E-state index contributed by atoms with van der Waals surface area (Å²) < 4.78 is 0. The summed E-state index contributed by atoms with van der Waals surface area (Å²) >= 11 is 3.56. The molecule has 0 spiro atoms. The highest BCUT2D eigenvalue weighted by molar-refractivity contribution is 9.09. The Hall–Kier alpha value is -1.41. The highest BCUT2D eigenvalue weighted by Gasteiger charge is 2.22. The molecule has 98 valence electrons. The van der Waals surface area contributed by atoms with Crippen molar-refractivity contribution in [3.63, 3.8) is 0 Å². The second-order valence-electron chi connectivity index (χ2n) is 4.91. The predicted octanol–water partition coefficient (Wildman–Crippen LogP) is 4.93. The van der Waals surface area contributed by atoms with Crippen molar-refractivity contribution < 1.29 is 4.79 Å². The fourth-order valence-corrected chi connectivity index (χ4v) is 3.46. The van der Waals surface area contributed by atoms with Crippen molar-refractivity contribution in [1.29, 1.82) is 0 Å². The van der Waals surface area contributed by atoms with Crippen LogP contribution in [0.5, 0.6) is 0 Å². The molecule has 0 saturated carbocycles. The number of halogens is 1. The number of rotatable bonds is 3. The van der Waals surface area contributed by atoms with Crippen LogP contribution in [-0.2, 0) is 0 Å². The molecule has 0 heterocycles. The first kappa shape index (κ1) is 14.0. The number of carbonyl (C=O) groups is 1. The van der Waals surface area contributed by atoms with Gasteiger partial charge < -0.3 is 0 Å². The van der Waals surface area contributed by atoms with Gasteiger partial charge in [0.1, 0.15) is 4.83 Å². The quantitative estimate of drug-likeness (QED) is 0.579. The first-order valence-corrected chi connectivity index (χ1v) is 7.23. The first-order valence-electron chi connectivity index (χ1n) is 6.32. The van der Waals surface area contributed by atoms with Crippen LogP contribution in [0.4, 0.5) is 0 Å². The Balaban J connectivity index is 2.40. The number of carbonyl (C=O) groups excluding carboxylic acids is 1. The molecule has 0 aliphatic rings. The normalized spacial score (nSPS) is 12.2. The maximum absolute atomic E-state index is 12.5. The average Bonchev–Trinajstić information content (AvgIpc) is 2.37. The zero-order valence-electron chi connectivity index (χ0n) is 11.4. The number of hydrogen-bond donors (Lipinski definition) is 0. The summed E-state index contributed by atoms with van der Waals surface area (Å²) in [5, 5.41) is 0. The lowest BCUT2D eigenvalue weighted by molar-refractivity contribution is 0.0991. The van der Waals surface area contributed by atoms with Gasteiger partial charge in [-0.1, -0.05) is 64.0 Å². The highest BCUT2D eigenvalue weighted by atomic mass is 79.9. The molecule has 1 atom stereocenters. The maximum Gasteiger partial charge on any atom is 0.180 e. The summed E-state index contributed by atoms with van der Waals surface area (Å²) in [6.07, 6.45) is 0. The molecule has 0 aliphatic heterocycles. The van der Waals surface area contributed by atoms with Crippen LogP contribution in [0.1, 0.15) is 37.4 Å². The molecule has 1 unspecified atom stereocenters. The van der Waals surface area contributed by atoms with E-state index in [0.717, 1.165) is 22.3 Å². The summed E-state index contributed by atoms with van der Waals surface area (Å²) in [5.74, 6) is 0.107. The van der Waals surface area contributed by atoms with Crippen LogP contribution in [0.25, 0.3) is 0 Å². The molecular formula is C17H17BrO. The molecule has 0 N–H and O–H groups in total. The van der Waals surface area contributed by atoms with Gasteiger partial charge in [0.15, 0.2) is 5.78 Å². The Labute approximate surface area is 122 Å². The maximum atomic E-state index is 12.5. The Bertz CT molecular complexity index is 579. The number of ketones is 1. The van der Waals surface area contributed by atoms with Crippen molar-refractivity contribution in [2.75, 3.05) is 0 Å². The third-order valence-electron chi connectivity index (χ3n) is 3.28. The van der Waals surface area contributed by atoms with Crippen LogP contribution < -0.4 is 0 Å². The van der Waals surface area contributed by atoms with E-state index < -0.39 is 0 Å². The lowest BCUT2D eigenvalue weighted by Crippen LogP contribution is -2.10. The van der Waals surface area contributed by atoms with Gasteiger partial charge in [0.25, 0.3) is 0 Å². The number of aryl methyl sites for hydroxylation is 3. The molecule has 0 aromatic heterocycles. The van der Waals surface area contributed by atoms with Gasteiger partial charge in [0.05, 0.1) is 0 Å². The third-order valence-corrected chi connectivity index (χ3v) is 4.15. The van der Waals surface area contributed by atoms with Gasteiger partial charge >= 0.3 is 0 Å². The van der Waals surface area contributed by atoms with E-state index in [2.05, 4.69) is 48.8 Å². The Morgan fingerprint density at radius 1 is 1.00 bits per heavy atom. The predicted molar refractivity (Wildman–Crippen MR) is 83.1 cm³/mol. The average molecular weight is 317 g/mol. The topological polar surface area (TPSA) is 17.1 Å². The van der Waals surface area contributed by atoms with Crippen molar-refractivity contribution in [3.8, 4) is 0 Å². The van der Waals surface area contributed by atoms with E-state index in [-0.39, 0.29) is 10.6 Å². The lowest BCUT2D eigenvalue weighted by Gasteiger charge is -2.16. The van der Waals surface area contributed by atoms with Gasteiger partial charge in [-0.15, -0.1) is 0 Å². The van der Waals surface area contributed by atoms with Crippen molar-refractivity contribution in [1.82, 2.24) is 0 Å². The van der Waals surface area contributed by atoms with Crippen LogP contribution in [0.2, 0.25) is 0 Å². The van der Waals surface area contributed by atoms with Gasteiger partial charge in [-0.3, -0.25) is 4.79 Å². The Morgan fingerprint density at radius 2 is 1.53 bits per heavy atom. The van der Waals surface area contributed by atoms with Crippen molar-refractivity contribution in [2.24, 2.45) is 0 Å². The highest BCUT2D eigenvalue weighted by Crippen LogP contribution is 2.32. The molecular weight excluding hydrogens is 300 g/mol. The van der Waals surface area contributed by atoms with E-state index in [0.29, 0.717) is 0 Å². The molecule has 19 heavy (non-hydrogen) atoms. The third kappa shape index (κ3) is 2.95. The summed E-state index contributed by atoms with van der Waals surface area (Å²) in [4.78, 5) is 12.2. The number of alkyl halides is 1. The standard InChI is InChI=1S/C17H17BrO/c1-11-9-12(2)15(13(3)10-11)16(18)17(19)14-7-5-4-6-8-14/h4-10,16H,1-3H3. The van der Waals surface area contributed by atoms with Crippen LogP contribution >= 0.6 is 15.9 Å². The summed E-state index contributed by atoms with van der Waals surface area (Å²) in [6.45, 7) is 6.19. The smallest absolute Gasteiger partial charge is 0.180 e. The van der Waals surface area contributed by atoms with Crippen molar-refractivity contribution in [2.45, 2.75) is 25.6 Å². The van der Waals surface area contributed by atoms with E-state index in [1.807, 2.05) is 30.3 Å². The molecule has 0 radical (unpaired) electrons. The molecule has 2 rings (SSSR count). The molecule has 0 amide bonds. The molecule has 2 aromatic carbocycles. The van der Waals surface area contributed by atoms with Crippen LogP contribution in [0.15, 0.2) is 42.5 Å². The molecule has 1 nitrogen and oxygen atoms in total. The van der Waals surface area contributed by atoms with E-state index in [1.54, 1.807) is 0 Å². The van der Waals surface area contributed by atoms with E-state index in [9.17, 15) is 4.79 Å². The van der Waals surface area contributed by atoms with Gasteiger partial charge in [-0.25, -0.2) is 0 Å². The summed E-state index contributed by atoms with van der Waals surface area (Å²) in [5.41, 5.74) is 5.36. The van der Waals surface area contributed by atoms with Gasteiger partial charge in [0, 0.05) is 5.56 Å². The second kappa shape index (κ2) is 5.70. The summed E-state index contributed by atoms with van der Waals surface area (Å²) in [6, 6.07) is 13.7. The van der Waals surface area contributed by atoms with Crippen LogP contribution in [0, 0.1) is 20.8 Å². The number of benzene rings is 2. The minimum Gasteiger partial charge on any atom is -0.293 e. The van der Waals surface area contributed by atoms with Gasteiger partial charge in [-0.2, -0.15) is 0 Å². The van der Waals surface area contributed by atoms with Gasteiger partial charge in [-0.05, 0) is 37.5 Å². The van der Waals surface area contributed by atoms with E-state index in [4.69, 9.17) is 0 Å². The zero-order chi connectivity index (χ0) is 14.0. The largest absolute Gasteiger partial charge is 0.293 e. The second-order valence-corrected chi connectivity index (χ2v) is 5.82. The number of hydrogen-bond acceptors (Lipinski definition) is 1. The van der Waals surface area contributed by atoms with Crippen LogP contribution in [-0.4, -0.2) is 5.78 Å². The molecule has 0 aliphatic carbocycles. The van der Waals surface area contributed by atoms with Crippen LogP contribution in [0.3, 0.4) is 0 Å². The molecule has 2 aromatic rings. The lowest BCUT2D eigenvalue weighted by atomic mass is 9.94. The fourth-order valence-electron chi connectivity index (χ4n) is 2.47. The Kier molecular flexibility index (Phi) is 4.20. The monoisotopic (exact) mass is 316 g/mol. The van der Waals surface area contributed by atoms with E-state index >= 15 is 0 Å². The van der Waals surface area contributed by atoms with Crippen molar-refractivity contribution >= 4 is 21.7 Å².